The van der Waals surface area contributed by atoms with Crippen LogP contribution in [0.1, 0.15) is 20.8 Å². The van der Waals surface area contributed by atoms with Crippen molar-refractivity contribution in [3.05, 3.63) is 16.7 Å². The van der Waals surface area contributed by atoms with Crippen molar-refractivity contribution in [1.82, 2.24) is 9.97 Å². The van der Waals surface area contributed by atoms with E-state index in [4.69, 9.17) is 15.2 Å². The summed E-state index contributed by atoms with van der Waals surface area (Å²) in [5, 5.41) is 0. The average molecular weight is 227 g/mol. The van der Waals surface area contributed by atoms with Gasteiger partial charge in [0.05, 0.1) is 18.5 Å². The molecular weight excluding hydrogens is 210 g/mol. The van der Waals surface area contributed by atoms with E-state index in [1.54, 1.807) is 0 Å². The molecule has 0 aliphatic heterocycles. The third-order valence-corrected chi connectivity index (χ3v) is 1.71. The number of H-pyrrole nitrogens is 1. The van der Waals surface area contributed by atoms with Crippen molar-refractivity contribution >= 4 is 5.69 Å². The Kier molecular flexibility index (Phi) is 3.89. The highest BCUT2D eigenvalue weighted by atomic mass is 16.5. The number of aromatic nitrogens is 2. The minimum Gasteiger partial charge on any atom is -0.474 e. The van der Waals surface area contributed by atoms with Crippen molar-refractivity contribution in [3.63, 3.8) is 0 Å². The van der Waals surface area contributed by atoms with Crippen LogP contribution in [0, 0.1) is 0 Å². The van der Waals surface area contributed by atoms with Crippen LogP contribution in [-0.4, -0.2) is 28.8 Å². The largest absolute Gasteiger partial charge is 0.474 e. The third kappa shape index (κ3) is 3.90. The smallest absolute Gasteiger partial charge is 0.277 e. The van der Waals surface area contributed by atoms with Crippen molar-refractivity contribution in [1.29, 1.82) is 0 Å². The predicted molar refractivity (Wildman–Crippen MR) is 60.5 cm³/mol. The summed E-state index contributed by atoms with van der Waals surface area (Å²) in [5.41, 5.74) is 4.85. The van der Waals surface area contributed by atoms with Crippen molar-refractivity contribution in [3.8, 4) is 5.88 Å². The highest BCUT2D eigenvalue weighted by Crippen LogP contribution is 2.11. The van der Waals surface area contributed by atoms with Crippen LogP contribution in [0.3, 0.4) is 0 Å². The molecule has 0 radical (unpaired) electrons. The summed E-state index contributed by atoms with van der Waals surface area (Å²) in [6.07, 6.45) is 1.25. The Hall–Kier alpha value is -1.56. The first-order chi connectivity index (χ1) is 7.40. The maximum absolute atomic E-state index is 11.1. The van der Waals surface area contributed by atoms with Gasteiger partial charge in [0.15, 0.2) is 5.69 Å². The monoisotopic (exact) mass is 227 g/mol. The Morgan fingerprint density at radius 2 is 2.12 bits per heavy atom. The molecule has 6 heteroatoms. The van der Waals surface area contributed by atoms with Crippen molar-refractivity contribution in [2.75, 3.05) is 18.9 Å². The minimum absolute atomic E-state index is 0.0155. The zero-order valence-electron chi connectivity index (χ0n) is 9.74. The van der Waals surface area contributed by atoms with E-state index < -0.39 is 5.56 Å². The lowest BCUT2D eigenvalue weighted by atomic mass is 10.2. The Morgan fingerprint density at radius 1 is 1.44 bits per heavy atom. The number of nitrogens with two attached hydrogens (primary N) is 1. The third-order valence-electron chi connectivity index (χ3n) is 1.71. The number of nitrogens with zero attached hydrogens (tertiary/aromatic N) is 1. The second kappa shape index (κ2) is 4.98. The van der Waals surface area contributed by atoms with E-state index in [9.17, 15) is 4.79 Å². The lowest BCUT2D eigenvalue weighted by Crippen LogP contribution is -2.23. The zero-order chi connectivity index (χ0) is 12.2. The van der Waals surface area contributed by atoms with Crippen LogP contribution in [0.15, 0.2) is 11.1 Å². The Morgan fingerprint density at radius 3 is 2.75 bits per heavy atom. The normalized spacial score (nSPS) is 11.4. The SMILES string of the molecule is CC(C)(C)OCCOc1nc[nH]c(=O)c1N. The van der Waals surface area contributed by atoms with Gasteiger partial charge in [-0.3, -0.25) is 4.79 Å². The molecule has 3 N–H and O–H groups in total. The number of ether oxygens (including phenoxy) is 2. The number of hydrogen-bond acceptors (Lipinski definition) is 5. The van der Waals surface area contributed by atoms with Gasteiger partial charge in [-0.15, -0.1) is 0 Å². The molecule has 16 heavy (non-hydrogen) atoms. The van der Waals surface area contributed by atoms with Gasteiger partial charge in [0.2, 0.25) is 5.88 Å². The molecule has 0 bridgehead atoms. The molecule has 0 amide bonds. The van der Waals surface area contributed by atoms with Crippen LogP contribution in [0.5, 0.6) is 5.88 Å². The molecular formula is C10H17N3O3. The molecule has 0 fully saturated rings. The summed E-state index contributed by atoms with van der Waals surface area (Å²) in [6, 6.07) is 0. The Labute approximate surface area is 93.8 Å². The van der Waals surface area contributed by atoms with Crippen LogP contribution < -0.4 is 16.0 Å². The number of nitrogens with one attached hydrogen (secondary N) is 1. The molecule has 1 aromatic rings. The van der Waals surface area contributed by atoms with Crippen LogP contribution in [0.2, 0.25) is 0 Å². The molecule has 0 spiro atoms. The van der Waals surface area contributed by atoms with Gasteiger partial charge in [0.25, 0.3) is 5.56 Å². The Balaban J connectivity index is 2.44. The summed E-state index contributed by atoms with van der Waals surface area (Å²) in [7, 11) is 0. The minimum atomic E-state index is -0.401. The molecule has 0 aliphatic carbocycles. The van der Waals surface area contributed by atoms with E-state index in [0.29, 0.717) is 13.2 Å². The summed E-state index contributed by atoms with van der Waals surface area (Å²) in [4.78, 5) is 17.3. The number of nitrogen functional groups attached to an aromatic ring is 1. The molecule has 90 valence electrons. The van der Waals surface area contributed by atoms with E-state index in [1.807, 2.05) is 20.8 Å². The highest BCUT2D eigenvalue weighted by molar-refractivity contribution is 5.44. The molecule has 0 saturated heterocycles. The summed E-state index contributed by atoms with van der Waals surface area (Å²) in [5.74, 6) is 0.140. The van der Waals surface area contributed by atoms with Gasteiger partial charge in [0.1, 0.15) is 6.61 Å². The number of anilines is 1. The molecule has 0 aromatic carbocycles. The molecule has 0 atom stereocenters. The van der Waals surface area contributed by atoms with Gasteiger partial charge in [-0.1, -0.05) is 0 Å². The van der Waals surface area contributed by atoms with Crippen LogP contribution in [0.25, 0.3) is 0 Å². The van der Waals surface area contributed by atoms with Crippen molar-refractivity contribution in [2.45, 2.75) is 26.4 Å². The summed E-state index contributed by atoms with van der Waals surface area (Å²) < 4.78 is 10.7. The van der Waals surface area contributed by atoms with Gasteiger partial charge in [-0.2, -0.15) is 0 Å². The highest BCUT2D eigenvalue weighted by Gasteiger charge is 2.10. The van der Waals surface area contributed by atoms with Gasteiger partial charge in [-0.05, 0) is 20.8 Å². The zero-order valence-corrected chi connectivity index (χ0v) is 9.74. The fourth-order valence-corrected chi connectivity index (χ4v) is 0.995. The first-order valence-electron chi connectivity index (χ1n) is 5.00. The van der Waals surface area contributed by atoms with E-state index in [2.05, 4.69) is 9.97 Å². The number of aromatic amines is 1. The molecule has 1 heterocycles. The van der Waals surface area contributed by atoms with E-state index >= 15 is 0 Å². The van der Waals surface area contributed by atoms with Gasteiger partial charge in [0, 0.05) is 0 Å². The topological polar surface area (TPSA) is 90.2 Å². The lowest BCUT2D eigenvalue weighted by molar-refractivity contribution is -0.0167. The summed E-state index contributed by atoms with van der Waals surface area (Å²) in [6.45, 7) is 6.57. The second-order valence-electron chi connectivity index (χ2n) is 4.26. The van der Waals surface area contributed by atoms with Crippen LogP contribution in [-0.2, 0) is 4.74 Å². The quantitative estimate of drug-likeness (QED) is 0.733. The van der Waals surface area contributed by atoms with E-state index in [-0.39, 0.29) is 17.2 Å². The molecule has 6 nitrogen and oxygen atoms in total. The van der Waals surface area contributed by atoms with Crippen LogP contribution >= 0.6 is 0 Å². The maximum atomic E-state index is 11.1. The van der Waals surface area contributed by atoms with E-state index in [1.165, 1.54) is 6.33 Å². The van der Waals surface area contributed by atoms with E-state index in [0.717, 1.165) is 0 Å². The van der Waals surface area contributed by atoms with Gasteiger partial charge in [-0.25, -0.2) is 4.98 Å². The second-order valence-corrected chi connectivity index (χ2v) is 4.26. The van der Waals surface area contributed by atoms with Crippen molar-refractivity contribution < 1.29 is 9.47 Å². The number of hydrogen-bond donors (Lipinski definition) is 2. The molecule has 0 saturated carbocycles. The lowest BCUT2D eigenvalue weighted by Gasteiger charge is -2.19. The fourth-order valence-electron chi connectivity index (χ4n) is 0.995. The predicted octanol–water partition coefficient (Wildman–Crippen LogP) is 0.546. The first-order valence-corrected chi connectivity index (χ1v) is 5.00. The van der Waals surface area contributed by atoms with Gasteiger partial charge < -0.3 is 20.2 Å². The molecule has 1 aromatic heterocycles. The molecule has 0 aliphatic rings. The summed E-state index contributed by atoms with van der Waals surface area (Å²) >= 11 is 0. The van der Waals surface area contributed by atoms with Gasteiger partial charge >= 0.3 is 0 Å². The molecule has 1 rings (SSSR count). The van der Waals surface area contributed by atoms with Crippen molar-refractivity contribution in [2.24, 2.45) is 0 Å². The molecule has 0 unspecified atom stereocenters. The first kappa shape index (κ1) is 12.5. The standard InChI is InChI=1S/C10H17N3O3/c1-10(2,3)16-5-4-15-9-7(11)8(14)12-6-13-9/h6H,4-5,11H2,1-3H3,(H,12,13,14). The Bertz CT molecular complexity index is 395. The van der Waals surface area contributed by atoms with Crippen LogP contribution in [0.4, 0.5) is 5.69 Å². The maximum Gasteiger partial charge on any atom is 0.277 e. The fraction of sp³-hybridized carbons (Fsp3) is 0.600. The average Bonchev–Trinajstić information content (AvgIpc) is 2.17. The number of rotatable bonds is 4.